The number of sulfonamides is 1. The molecule has 1 aliphatic rings. The summed E-state index contributed by atoms with van der Waals surface area (Å²) in [6.45, 7) is 1.84. The molecule has 1 unspecified atom stereocenters. The van der Waals surface area contributed by atoms with E-state index in [4.69, 9.17) is 5.14 Å². The van der Waals surface area contributed by atoms with Gasteiger partial charge in [-0.3, -0.25) is 0 Å². The molecule has 0 spiro atoms. The molecular formula is C13H16N4O2S2. The Morgan fingerprint density at radius 1 is 1.33 bits per heavy atom. The van der Waals surface area contributed by atoms with E-state index in [0.717, 1.165) is 30.8 Å². The average Bonchev–Trinajstić information content (AvgIpc) is 3.09. The zero-order valence-electron chi connectivity index (χ0n) is 11.3. The first-order valence-corrected chi connectivity index (χ1v) is 8.94. The van der Waals surface area contributed by atoms with Crippen molar-refractivity contribution >= 4 is 32.2 Å². The topological polar surface area (TPSA) is 88.3 Å². The molecule has 1 saturated heterocycles. The van der Waals surface area contributed by atoms with Gasteiger partial charge in [0.2, 0.25) is 10.0 Å². The monoisotopic (exact) mass is 324 g/mol. The Hall–Kier alpha value is -1.64. The van der Waals surface area contributed by atoms with Crippen LogP contribution in [0.25, 0.3) is 0 Å². The maximum atomic E-state index is 11.2. The molecule has 1 fully saturated rings. The van der Waals surface area contributed by atoms with Crippen LogP contribution in [-0.4, -0.2) is 32.5 Å². The summed E-state index contributed by atoms with van der Waals surface area (Å²) in [5.41, 5.74) is 1.20. The van der Waals surface area contributed by atoms with E-state index in [1.807, 2.05) is 18.2 Å². The average molecular weight is 324 g/mol. The Bertz CT molecular complexity index is 715. The summed E-state index contributed by atoms with van der Waals surface area (Å²) in [6, 6.07) is 10.5. The first-order chi connectivity index (χ1) is 10.0. The molecule has 0 amide bonds. The molecule has 0 aliphatic carbocycles. The van der Waals surface area contributed by atoms with Crippen molar-refractivity contribution in [1.29, 1.82) is 0 Å². The van der Waals surface area contributed by atoms with Crippen molar-refractivity contribution in [2.45, 2.75) is 16.7 Å². The molecule has 0 radical (unpaired) electrons. The number of nitrogens with zero attached hydrogens (tertiary/aromatic N) is 2. The molecule has 0 bridgehead atoms. The molecular weight excluding hydrogens is 308 g/mol. The van der Waals surface area contributed by atoms with Gasteiger partial charge in [0.1, 0.15) is 0 Å². The molecule has 3 N–H and O–H groups in total. The standard InChI is InChI=1S/C13H16N4O2S2/c14-21(18,19)12-8-15-13(20-12)16-10-6-7-17(9-10)11-4-2-1-3-5-11/h1-5,8,10H,6-7,9H2,(H,15,16)(H2,14,18,19). The van der Waals surface area contributed by atoms with Crippen LogP contribution in [0.2, 0.25) is 0 Å². The van der Waals surface area contributed by atoms with E-state index in [1.54, 1.807) is 0 Å². The van der Waals surface area contributed by atoms with Crippen molar-refractivity contribution < 1.29 is 8.42 Å². The Balaban J connectivity index is 1.64. The highest BCUT2D eigenvalue weighted by Gasteiger charge is 2.23. The quantitative estimate of drug-likeness (QED) is 0.889. The minimum atomic E-state index is -3.66. The second kappa shape index (κ2) is 5.63. The molecule has 0 saturated carbocycles. The van der Waals surface area contributed by atoms with Gasteiger partial charge in [-0.25, -0.2) is 18.5 Å². The Labute approximate surface area is 127 Å². The maximum absolute atomic E-state index is 11.2. The summed E-state index contributed by atoms with van der Waals surface area (Å²) in [6.07, 6.45) is 2.28. The Morgan fingerprint density at radius 3 is 2.76 bits per heavy atom. The lowest BCUT2D eigenvalue weighted by molar-refractivity contribution is 0.599. The minimum Gasteiger partial charge on any atom is -0.369 e. The molecule has 2 aromatic rings. The zero-order valence-corrected chi connectivity index (χ0v) is 12.9. The summed E-state index contributed by atoms with van der Waals surface area (Å²) in [7, 11) is -3.66. The lowest BCUT2D eigenvalue weighted by atomic mass is 10.3. The molecule has 3 rings (SSSR count). The van der Waals surface area contributed by atoms with E-state index in [-0.39, 0.29) is 10.3 Å². The van der Waals surface area contributed by atoms with Gasteiger partial charge < -0.3 is 10.2 Å². The highest BCUT2D eigenvalue weighted by molar-refractivity contribution is 7.91. The number of primary sulfonamides is 1. The number of anilines is 2. The Kier molecular flexibility index (Phi) is 3.83. The van der Waals surface area contributed by atoms with Crippen molar-refractivity contribution in [2.24, 2.45) is 5.14 Å². The van der Waals surface area contributed by atoms with Crippen molar-refractivity contribution in [3.05, 3.63) is 36.5 Å². The fraction of sp³-hybridized carbons (Fsp3) is 0.308. The van der Waals surface area contributed by atoms with Gasteiger partial charge in [-0.15, -0.1) is 0 Å². The van der Waals surface area contributed by atoms with Crippen LogP contribution < -0.4 is 15.4 Å². The van der Waals surface area contributed by atoms with Crippen LogP contribution in [0.1, 0.15) is 6.42 Å². The summed E-state index contributed by atoms with van der Waals surface area (Å²) in [4.78, 5) is 6.37. The van der Waals surface area contributed by atoms with E-state index in [1.165, 1.54) is 11.9 Å². The molecule has 2 heterocycles. The predicted octanol–water partition coefficient (Wildman–Crippen LogP) is 1.48. The molecule has 6 nitrogen and oxygen atoms in total. The zero-order chi connectivity index (χ0) is 14.9. The van der Waals surface area contributed by atoms with E-state index >= 15 is 0 Å². The van der Waals surface area contributed by atoms with Crippen LogP contribution in [0.3, 0.4) is 0 Å². The number of hydrogen-bond acceptors (Lipinski definition) is 6. The summed E-state index contributed by atoms with van der Waals surface area (Å²) >= 11 is 1.07. The van der Waals surface area contributed by atoms with Gasteiger partial charge in [-0.1, -0.05) is 29.5 Å². The highest BCUT2D eigenvalue weighted by Crippen LogP contribution is 2.25. The lowest BCUT2D eigenvalue weighted by Gasteiger charge is -2.18. The van der Waals surface area contributed by atoms with Crippen LogP contribution in [-0.2, 0) is 10.0 Å². The molecule has 1 atom stereocenters. The van der Waals surface area contributed by atoms with Crippen LogP contribution in [0, 0.1) is 0 Å². The molecule has 112 valence electrons. The third-order valence-electron chi connectivity index (χ3n) is 3.40. The molecule has 1 aliphatic heterocycles. The van der Waals surface area contributed by atoms with Crippen molar-refractivity contribution in [3.8, 4) is 0 Å². The number of nitrogens with one attached hydrogen (secondary N) is 1. The van der Waals surface area contributed by atoms with E-state index in [2.05, 4.69) is 27.3 Å². The van der Waals surface area contributed by atoms with Crippen molar-refractivity contribution in [3.63, 3.8) is 0 Å². The fourth-order valence-corrected chi connectivity index (χ4v) is 3.91. The van der Waals surface area contributed by atoms with Gasteiger partial charge in [0.05, 0.1) is 6.20 Å². The number of hydrogen-bond donors (Lipinski definition) is 2. The van der Waals surface area contributed by atoms with Crippen molar-refractivity contribution in [1.82, 2.24) is 4.98 Å². The summed E-state index contributed by atoms with van der Waals surface area (Å²) < 4.78 is 22.6. The second-order valence-electron chi connectivity index (χ2n) is 4.94. The second-order valence-corrected chi connectivity index (χ2v) is 7.76. The van der Waals surface area contributed by atoms with Crippen LogP contribution >= 0.6 is 11.3 Å². The normalized spacial score (nSPS) is 18.9. The van der Waals surface area contributed by atoms with Gasteiger partial charge in [-0.2, -0.15) is 0 Å². The molecule has 1 aromatic carbocycles. The third kappa shape index (κ3) is 3.34. The van der Waals surface area contributed by atoms with Crippen molar-refractivity contribution in [2.75, 3.05) is 23.3 Å². The third-order valence-corrected chi connectivity index (χ3v) is 5.74. The van der Waals surface area contributed by atoms with Gasteiger partial charge in [0.15, 0.2) is 9.34 Å². The van der Waals surface area contributed by atoms with Gasteiger partial charge in [0.25, 0.3) is 0 Å². The smallest absolute Gasteiger partial charge is 0.249 e. The lowest BCUT2D eigenvalue weighted by Crippen LogP contribution is -2.25. The highest BCUT2D eigenvalue weighted by atomic mass is 32.2. The van der Waals surface area contributed by atoms with E-state index in [0.29, 0.717) is 5.13 Å². The molecule has 21 heavy (non-hydrogen) atoms. The van der Waals surface area contributed by atoms with Crippen LogP contribution in [0.5, 0.6) is 0 Å². The number of nitrogens with two attached hydrogens (primary N) is 1. The van der Waals surface area contributed by atoms with Gasteiger partial charge >= 0.3 is 0 Å². The number of rotatable bonds is 4. The van der Waals surface area contributed by atoms with Gasteiger partial charge in [0, 0.05) is 24.8 Å². The van der Waals surface area contributed by atoms with Crippen LogP contribution in [0.15, 0.2) is 40.7 Å². The summed E-state index contributed by atoms with van der Waals surface area (Å²) in [5, 5.41) is 8.96. The molecule has 8 heteroatoms. The first-order valence-electron chi connectivity index (χ1n) is 6.57. The fourth-order valence-electron chi connectivity index (χ4n) is 2.38. The van der Waals surface area contributed by atoms with Gasteiger partial charge in [-0.05, 0) is 18.6 Å². The maximum Gasteiger partial charge on any atom is 0.249 e. The number of para-hydroxylation sites is 1. The largest absolute Gasteiger partial charge is 0.369 e. The summed E-state index contributed by atoms with van der Waals surface area (Å²) in [5.74, 6) is 0. The first kappa shape index (κ1) is 14.3. The Morgan fingerprint density at radius 2 is 2.10 bits per heavy atom. The number of aromatic nitrogens is 1. The number of benzene rings is 1. The SMILES string of the molecule is NS(=O)(=O)c1cnc(NC2CCN(c3ccccc3)C2)s1. The minimum absolute atomic E-state index is 0.0860. The number of thiazole rings is 1. The van der Waals surface area contributed by atoms with E-state index < -0.39 is 10.0 Å². The molecule has 1 aromatic heterocycles. The predicted molar refractivity (Wildman–Crippen MR) is 84.2 cm³/mol. The van der Waals surface area contributed by atoms with Crippen LogP contribution in [0.4, 0.5) is 10.8 Å². The van der Waals surface area contributed by atoms with E-state index in [9.17, 15) is 8.42 Å².